The lowest BCUT2D eigenvalue weighted by molar-refractivity contribution is -0.346. The van der Waals surface area contributed by atoms with Crippen LogP contribution in [-0.4, -0.2) is 45.8 Å². The summed E-state index contributed by atoms with van der Waals surface area (Å²) in [6, 6.07) is 0. The molecule has 4 heteroatoms. The summed E-state index contributed by atoms with van der Waals surface area (Å²) in [5, 5.41) is 35.7. The fraction of sp³-hybridized carbons (Fsp3) is 1.00. The molecular formula is C35H64O4. The van der Waals surface area contributed by atoms with Gasteiger partial charge in [-0.1, -0.05) is 87.5 Å². The summed E-state index contributed by atoms with van der Waals surface area (Å²) in [5.74, 6) is 2.13. The number of aliphatic hydroxyl groups excluding tert-OH is 3. The van der Waals surface area contributed by atoms with Crippen LogP contribution in [0.4, 0.5) is 0 Å². The summed E-state index contributed by atoms with van der Waals surface area (Å²) in [4.78, 5) is 0. The van der Waals surface area contributed by atoms with E-state index >= 15 is 0 Å². The molecule has 4 rings (SSSR count). The molecular weight excluding hydrogens is 484 g/mol. The third-order valence-electron chi connectivity index (χ3n) is 14.0. The molecule has 39 heavy (non-hydrogen) atoms. The molecule has 0 amide bonds. The number of fused-ring (bicyclic) bond motifs is 3. The van der Waals surface area contributed by atoms with Gasteiger partial charge in [0.25, 0.3) is 0 Å². The zero-order valence-electron chi connectivity index (χ0n) is 27.1. The molecule has 0 spiro atoms. The van der Waals surface area contributed by atoms with E-state index in [2.05, 4.69) is 62.3 Å². The van der Waals surface area contributed by atoms with Gasteiger partial charge in [-0.3, -0.25) is 0 Å². The minimum Gasteiger partial charge on any atom is -0.393 e. The van der Waals surface area contributed by atoms with Crippen LogP contribution in [0.5, 0.6) is 0 Å². The Morgan fingerprint density at radius 1 is 0.949 bits per heavy atom. The number of rotatable bonds is 8. The summed E-state index contributed by atoms with van der Waals surface area (Å²) < 4.78 is 7.30. The van der Waals surface area contributed by atoms with Gasteiger partial charge in [0.15, 0.2) is 0 Å². The van der Waals surface area contributed by atoms with Gasteiger partial charge in [-0.05, 0) is 81.0 Å². The van der Waals surface area contributed by atoms with E-state index in [0.717, 1.165) is 12.8 Å². The highest BCUT2D eigenvalue weighted by Crippen LogP contribution is 2.75. The molecule has 0 bridgehead atoms. The molecule has 16 atom stereocenters. The van der Waals surface area contributed by atoms with E-state index in [1.165, 1.54) is 44.9 Å². The van der Waals surface area contributed by atoms with Crippen molar-refractivity contribution in [1.82, 2.24) is 0 Å². The van der Waals surface area contributed by atoms with Gasteiger partial charge in [0, 0.05) is 22.2 Å². The number of aliphatic hydroxyl groups is 3. The first-order chi connectivity index (χ1) is 18.2. The Balaban J connectivity index is 1.95. The monoisotopic (exact) mass is 548 g/mol. The van der Waals surface area contributed by atoms with Crippen LogP contribution in [0.25, 0.3) is 0 Å². The van der Waals surface area contributed by atoms with E-state index < -0.39 is 17.6 Å². The van der Waals surface area contributed by atoms with E-state index in [-0.39, 0.29) is 52.8 Å². The molecule has 0 aromatic heterocycles. The predicted octanol–water partition coefficient (Wildman–Crippen LogP) is 7.48. The summed E-state index contributed by atoms with van der Waals surface area (Å²) in [5.41, 5.74) is -0.899. The molecule has 4 nitrogen and oxygen atoms in total. The zero-order chi connectivity index (χ0) is 29.1. The fourth-order valence-corrected chi connectivity index (χ4v) is 11.9. The smallest absolute Gasteiger partial charge is 0.0698 e. The van der Waals surface area contributed by atoms with Crippen molar-refractivity contribution in [3.63, 3.8) is 0 Å². The Labute approximate surface area is 241 Å². The number of hydrogen-bond acceptors (Lipinski definition) is 4. The molecule has 4 fully saturated rings. The van der Waals surface area contributed by atoms with Crippen molar-refractivity contribution in [2.75, 3.05) is 0 Å². The Hall–Kier alpha value is -0.160. The normalized spacial score (nSPS) is 53.3. The molecule has 16 unspecified atom stereocenters. The lowest BCUT2D eigenvalue weighted by atomic mass is 9.31. The number of hydrogen-bond donors (Lipinski definition) is 3. The third-order valence-corrected chi connectivity index (χ3v) is 14.0. The van der Waals surface area contributed by atoms with Gasteiger partial charge in [-0.15, -0.1) is 0 Å². The molecule has 4 aliphatic rings. The summed E-state index contributed by atoms with van der Waals surface area (Å²) >= 11 is 0. The average Bonchev–Trinajstić information content (AvgIpc) is 2.86. The van der Waals surface area contributed by atoms with Gasteiger partial charge in [-0.25, -0.2) is 0 Å². The van der Waals surface area contributed by atoms with E-state index in [0.29, 0.717) is 23.7 Å². The lowest BCUT2D eigenvalue weighted by Crippen LogP contribution is -2.77. The van der Waals surface area contributed by atoms with Crippen molar-refractivity contribution in [3.8, 4) is 0 Å². The SMILES string of the molecule is CCCCCC1C2CCCC(C)C2C(O)C2C(C)C3(C)C(O)C(C(C)O)C(C)CC3(C)C(OC(C)CC)C12C. The molecule has 0 aromatic rings. The van der Waals surface area contributed by atoms with Gasteiger partial charge in [-0.2, -0.15) is 0 Å². The van der Waals surface area contributed by atoms with Crippen LogP contribution >= 0.6 is 0 Å². The maximum Gasteiger partial charge on any atom is 0.0698 e. The topological polar surface area (TPSA) is 69.9 Å². The second-order valence-corrected chi connectivity index (χ2v) is 15.8. The summed E-state index contributed by atoms with van der Waals surface area (Å²) in [6.07, 6.45) is 9.06. The first-order valence-electron chi connectivity index (χ1n) is 16.9. The summed E-state index contributed by atoms with van der Waals surface area (Å²) in [6.45, 7) is 22.8. The van der Waals surface area contributed by atoms with Crippen LogP contribution in [0.15, 0.2) is 0 Å². The molecule has 3 N–H and O–H groups in total. The van der Waals surface area contributed by atoms with Crippen LogP contribution in [0, 0.1) is 63.6 Å². The standard InChI is InChI=1S/C35H64O4/c1-11-13-14-18-26-25-17-15-16-20(3)28(25)30(37)29-23(6)35(10)31(38)27(24(7)36)21(4)19-33(35,8)32(34(26,29)9)39-22(5)12-2/h20-32,36-38H,11-19H2,1-10H3. The van der Waals surface area contributed by atoms with Crippen molar-refractivity contribution in [2.24, 2.45) is 63.6 Å². The molecule has 228 valence electrons. The lowest BCUT2D eigenvalue weighted by Gasteiger charge is -2.75. The second-order valence-electron chi connectivity index (χ2n) is 15.8. The van der Waals surface area contributed by atoms with Gasteiger partial charge in [0.2, 0.25) is 0 Å². The highest BCUT2D eigenvalue weighted by molar-refractivity contribution is 5.23. The van der Waals surface area contributed by atoms with Crippen molar-refractivity contribution in [3.05, 3.63) is 0 Å². The predicted molar refractivity (Wildman–Crippen MR) is 160 cm³/mol. The molecule has 0 saturated heterocycles. The van der Waals surface area contributed by atoms with E-state index in [1.807, 2.05) is 6.92 Å². The number of ether oxygens (including phenoxy) is 1. The quantitative estimate of drug-likeness (QED) is 0.275. The van der Waals surface area contributed by atoms with Crippen molar-refractivity contribution in [2.45, 2.75) is 158 Å². The maximum absolute atomic E-state index is 12.5. The minimum absolute atomic E-state index is 0.0438. The highest BCUT2D eigenvalue weighted by Gasteiger charge is 2.76. The molecule has 0 aliphatic heterocycles. The van der Waals surface area contributed by atoms with Crippen LogP contribution in [0.2, 0.25) is 0 Å². The molecule has 0 radical (unpaired) electrons. The Bertz CT molecular complexity index is 829. The van der Waals surface area contributed by atoms with Gasteiger partial charge in [0.1, 0.15) is 0 Å². The molecule has 4 aliphatic carbocycles. The Morgan fingerprint density at radius 3 is 2.21 bits per heavy atom. The van der Waals surface area contributed by atoms with Crippen molar-refractivity contribution < 1.29 is 20.1 Å². The third kappa shape index (κ3) is 4.60. The second kappa shape index (κ2) is 11.5. The van der Waals surface area contributed by atoms with Crippen molar-refractivity contribution in [1.29, 1.82) is 0 Å². The largest absolute Gasteiger partial charge is 0.393 e. The van der Waals surface area contributed by atoms with Crippen LogP contribution in [-0.2, 0) is 4.74 Å². The maximum atomic E-state index is 12.5. The van der Waals surface area contributed by atoms with Gasteiger partial charge >= 0.3 is 0 Å². The molecule has 4 saturated carbocycles. The van der Waals surface area contributed by atoms with Crippen LogP contribution in [0.1, 0.15) is 127 Å². The van der Waals surface area contributed by atoms with E-state index in [9.17, 15) is 15.3 Å². The zero-order valence-corrected chi connectivity index (χ0v) is 27.1. The number of unbranched alkanes of at least 4 members (excludes halogenated alkanes) is 2. The van der Waals surface area contributed by atoms with E-state index in [1.54, 1.807) is 0 Å². The van der Waals surface area contributed by atoms with Crippen molar-refractivity contribution >= 4 is 0 Å². The van der Waals surface area contributed by atoms with Gasteiger partial charge in [0.05, 0.1) is 30.5 Å². The first-order valence-corrected chi connectivity index (χ1v) is 16.9. The van der Waals surface area contributed by atoms with Crippen LogP contribution in [0.3, 0.4) is 0 Å². The first kappa shape index (κ1) is 31.8. The highest BCUT2D eigenvalue weighted by atomic mass is 16.5. The molecule has 0 aromatic carbocycles. The summed E-state index contributed by atoms with van der Waals surface area (Å²) in [7, 11) is 0. The Morgan fingerprint density at radius 2 is 1.62 bits per heavy atom. The fourth-order valence-electron chi connectivity index (χ4n) is 11.9. The Kier molecular flexibility index (Phi) is 9.36. The van der Waals surface area contributed by atoms with Gasteiger partial charge < -0.3 is 20.1 Å². The van der Waals surface area contributed by atoms with E-state index in [4.69, 9.17) is 4.74 Å². The van der Waals surface area contributed by atoms with Crippen LogP contribution < -0.4 is 0 Å². The molecule has 0 heterocycles. The minimum atomic E-state index is -0.638. The average molecular weight is 549 g/mol.